The summed E-state index contributed by atoms with van der Waals surface area (Å²) in [6.07, 6.45) is 4.01. The molecule has 15 heavy (non-hydrogen) atoms. The second-order valence-electron chi connectivity index (χ2n) is 3.72. The topological polar surface area (TPSA) is 64.7 Å². The lowest BCUT2D eigenvalue weighted by atomic mass is 10.4. The highest BCUT2D eigenvalue weighted by Crippen LogP contribution is 2.39. The Labute approximate surface area is 86.6 Å². The highest BCUT2D eigenvalue weighted by Gasteiger charge is 2.29. The molecule has 0 N–H and O–H groups in total. The Morgan fingerprint density at radius 2 is 2.20 bits per heavy atom. The average Bonchev–Trinajstić information content (AvgIpc) is 2.97. The van der Waals surface area contributed by atoms with Crippen molar-refractivity contribution in [3.8, 4) is 11.5 Å². The van der Waals surface area contributed by atoms with E-state index in [1.54, 1.807) is 12.3 Å². The number of aromatic nitrogens is 4. The van der Waals surface area contributed by atoms with Crippen molar-refractivity contribution in [2.24, 2.45) is 0 Å². The van der Waals surface area contributed by atoms with Crippen molar-refractivity contribution >= 4 is 0 Å². The molecule has 2 heterocycles. The van der Waals surface area contributed by atoms with Crippen molar-refractivity contribution in [3.63, 3.8) is 0 Å². The molecule has 5 heteroatoms. The van der Waals surface area contributed by atoms with E-state index in [4.69, 9.17) is 4.52 Å². The van der Waals surface area contributed by atoms with Gasteiger partial charge in [-0.15, -0.1) is 0 Å². The van der Waals surface area contributed by atoms with E-state index >= 15 is 0 Å². The third kappa shape index (κ3) is 1.60. The molecule has 0 aliphatic heterocycles. The Balaban J connectivity index is 1.97. The normalized spacial score (nSPS) is 15.5. The fraction of sp³-hybridized carbons (Fsp3) is 0.400. The van der Waals surface area contributed by atoms with E-state index in [9.17, 15) is 0 Å². The molecule has 0 atom stereocenters. The van der Waals surface area contributed by atoms with Crippen molar-refractivity contribution in [3.05, 3.63) is 24.0 Å². The van der Waals surface area contributed by atoms with Crippen LogP contribution in [0.5, 0.6) is 0 Å². The molecule has 2 aromatic heterocycles. The molecule has 0 aromatic carbocycles. The molecule has 0 saturated heterocycles. The van der Waals surface area contributed by atoms with Crippen LogP contribution in [0.3, 0.4) is 0 Å². The van der Waals surface area contributed by atoms with Gasteiger partial charge in [-0.2, -0.15) is 4.98 Å². The number of rotatable bonds is 2. The first-order valence-electron chi connectivity index (χ1n) is 4.96. The van der Waals surface area contributed by atoms with Crippen LogP contribution in [0.4, 0.5) is 0 Å². The quantitative estimate of drug-likeness (QED) is 0.741. The van der Waals surface area contributed by atoms with Crippen LogP contribution in [0.15, 0.2) is 16.8 Å². The van der Waals surface area contributed by atoms with Crippen molar-refractivity contribution in [1.29, 1.82) is 0 Å². The standard InChI is InChI=1S/C10H10N4O/c1-6-11-5-4-8(12-6)9-13-10(15-14-9)7-2-3-7/h4-5,7H,2-3H2,1H3. The van der Waals surface area contributed by atoms with Crippen molar-refractivity contribution in [2.45, 2.75) is 25.7 Å². The first kappa shape index (κ1) is 8.52. The van der Waals surface area contributed by atoms with Gasteiger partial charge in [-0.3, -0.25) is 0 Å². The molecule has 0 amide bonds. The van der Waals surface area contributed by atoms with Gasteiger partial charge in [-0.1, -0.05) is 5.16 Å². The SMILES string of the molecule is Cc1nccc(-c2noc(C3CC3)n2)n1. The third-order valence-corrected chi connectivity index (χ3v) is 2.37. The fourth-order valence-corrected chi connectivity index (χ4v) is 1.42. The Bertz CT molecular complexity index is 490. The Morgan fingerprint density at radius 1 is 1.33 bits per heavy atom. The van der Waals surface area contributed by atoms with Gasteiger partial charge in [-0.05, 0) is 25.8 Å². The van der Waals surface area contributed by atoms with Crippen LogP contribution in [-0.4, -0.2) is 20.1 Å². The van der Waals surface area contributed by atoms with Gasteiger partial charge in [-0.25, -0.2) is 9.97 Å². The van der Waals surface area contributed by atoms with Crippen LogP contribution in [0.1, 0.15) is 30.5 Å². The minimum Gasteiger partial charge on any atom is -0.339 e. The summed E-state index contributed by atoms with van der Waals surface area (Å²) >= 11 is 0. The molecule has 0 spiro atoms. The predicted octanol–water partition coefficient (Wildman–Crippen LogP) is 1.71. The van der Waals surface area contributed by atoms with Gasteiger partial charge in [0, 0.05) is 12.1 Å². The van der Waals surface area contributed by atoms with E-state index in [0.717, 1.165) is 24.4 Å². The predicted molar refractivity (Wildman–Crippen MR) is 52.0 cm³/mol. The maximum Gasteiger partial charge on any atom is 0.230 e. The summed E-state index contributed by atoms with van der Waals surface area (Å²) in [5.41, 5.74) is 0.721. The number of nitrogens with zero attached hydrogens (tertiary/aromatic N) is 4. The molecule has 1 saturated carbocycles. The molecule has 0 bridgehead atoms. The summed E-state index contributed by atoms with van der Waals surface area (Å²) < 4.78 is 5.16. The Kier molecular flexibility index (Phi) is 1.77. The second kappa shape index (κ2) is 3.12. The summed E-state index contributed by atoms with van der Waals surface area (Å²) in [7, 11) is 0. The van der Waals surface area contributed by atoms with E-state index in [1.807, 2.05) is 6.92 Å². The van der Waals surface area contributed by atoms with E-state index in [1.165, 1.54) is 0 Å². The van der Waals surface area contributed by atoms with E-state index in [0.29, 0.717) is 17.6 Å². The lowest BCUT2D eigenvalue weighted by Gasteiger charge is -1.93. The van der Waals surface area contributed by atoms with Gasteiger partial charge in [0.05, 0.1) is 0 Å². The summed E-state index contributed by atoms with van der Waals surface area (Å²) in [6.45, 7) is 1.84. The van der Waals surface area contributed by atoms with Crippen LogP contribution in [0.2, 0.25) is 0 Å². The minimum atomic E-state index is 0.481. The van der Waals surface area contributed by atoms with E-state index < -0.39 is 0 Å². The van der Waals surface area contributed by atoms with Gasteiger partial charge in [0.2, 0.25) is 11.7 Å². The second-order valence-corrected chi connectivity index (χ2v) is 3.72. The summed E-state index contributed by atoms with van der Waals surface area (Å²) in [4.78, 5) is 12.6. The zero-order valence-corrected chi connectivity index (χ0v) is 8.34. The summed E-state index contributed by atoms with van der Waals surface area (Å²) in [5, 5.41) is 3.91. The van der Waals surface area contributed by atoms with E-state index in [-0.39, 0.29) is 0 Å². The number of hydrogen-bond donors (Lipinski definition) is 0. The van der Waals surface area contributed by atoms with Crippen LogP contribution in [0.25, 0.3) is 11.5 Å². The first-order valence-corrected chi connectivity index (χ1v) is 4.96. The molecule has 0 unspecified atom stereocenters. The molecule has 1 aliphatic carbocycles. The Hall–Kier alpha value is -1.78. The first-order chi connectivity index (χ1) is 7.33. The molecular formula is C10H10N4O. The molecule has 1 aliphatic rings. The van der Waals surface area contributed by atoms with Crippen LogP contribution in [0, 0.1) is 6.92 Å². The van der Waals surface area contributed by atoms with Crippen LogP contribution < -0.4 is 0 Å². The highest BCUT2D eigenvalue weighted by molar-refractivity contribution is 5.47. The van der Waals surface area contributed by atoms with E-state index in [2.05, 4.69) is 20.1 Å². The highest BCUT2D eigenvalue weighted by atomic mass is 16.5. The molecule has 5 nitrogen and oxygen atoms in total. The minimum absolute atomic E-state index is 0.481. The third-order valence-electron chi connectivity index (χ3n) is 2.37. The van der Waals surface area contributed by atoms with Gasteiger partial charge < -0.3 is 4.52 Å². The van der Waals surface area contributed by atoms with Crippen LogP contribution in [-0.2, 0) is 0 Å². The monoisotopic (exact) mass is 202 g/mol. The average molecular weight is 202 g/mol. The van der Waals surface area contributed by atoms with Crippen LogP contribution >= 0.6 is 0 Å². The number of aryl methyl sites for hydroxylation is 1. The largest absolute Gasteiger partial charge is 0.339 e. The molecule has 3 rings (SSSR count). The zero-order chi connectivity index (χ0) is 10.3. The fourth-order valence-electron chi connectivity index (χ4n) is 1.42. The zero-order valence-electron chi connectivity index (χ0n) is 8.34. The maximum absolute atomic E-state index is 5.16. The van der Waals surface area contributed by atoms with Gasteiger partial charge in [0.25, 0.3) is 0 Å². The molecule has 0 radical (unpaired) electrons. The van der Waals surface area contributed by atoms with Gasteiger partial charge in [0.15, 0.2) is 0 Å². The summed E-state index contributed by atoms with van der Waals surface area (Å²) in [5.74, 6) is 2.49. The van der Waals surface area contributed by atoms with Crippen molar-refractivity contribution in [1.82, 2.24) is 20.1 Å². The number of hydrogen-bond acceptors (Lipinski definition) is 5. The lowest BCUT2D eigenvalue weighted by Crippen LogP contribution is -1.91. The maximum atomic E-state index is 5.16. The summed E-state index contributed by atoms with van der Waals surface area (Å²) in [6, 6.07) is 1.79. The smallest absolute Gasteiger partial charge is 0.230 e. The van der Waals surface area contributed by atoms with Gasteiger partial charge >= 0.3 is 0 Å². The van der Waals surface area contributed by atoms with Crippen molar-refractivity contribution in [2.75, 3.05) is 0 Å². The molecule has 76 valence electrons. The van der Waals surface area contributed by atoms with Crippen molar-refractivity contribution < 1.29 is 4.52 Å². The molecule has 2 aromatic rings. The molecule has 1 fully saturated rings. The lowest BCUT2D eigenvalue weighted by molar-refractivity contribution is 0.380. The Morgan fingerprint density at radius 3 is 2.93 bits per heavy atom. The molecular weight excluding hydrogens is 192 g/mol. The van der Waals surface area contributed by atoms with Gasteiger partial charge in [0.1, 0.15) is 11.5 Å².